The predicted octanol–water partition coefficient (Wildman–Crippen LogP) is 4.15. The van der Waals surface area contributed by atoms with Crippen LogP contribution in [0.1, 0.15) is 24.2 Å². The molecule has 0 aliphatic carbocycles. The van der Waals surface area contributed by atoms with Crippen molar-refractivity contribution in [1.82, 2.24) is 0 Å². The van der Waals surface area contributed by atoms with E-state index >= 15 is 0 Å². The first-order valence-electron chi connectivity index (χ1n) is 5.64. The monoisotopic (exact) mass is 398 g/mol. The largest absolute Gasteiger partial charge is 0.379 e. The number of carbonyl (C=O) groups excluding carboxylic acids is 1. The van der Waals surface area contributed by atoms with Gasteiger partial charge in [-0.15, -0.1) is 11.3 Å². The van der Waals surface area contributed by atoms with Crippen LogP contribution >= 0.6 is 43.2 Å². The topological polar surface area (TPSA) is 35.5 Å². The van der Waals surface area contributed by atoms with Gasteiger partial charge in [0.05, 0.1) is 20.8 Å². The van der Waals surface area contributed by atoms with Gasteiger partial charge in [-0.1, -0.05) is 13.8 Å². The molecule has 1 heterocycles. The van der Waals surface area contributed by atoms with Crippen LogP contribution < -0.4 is 0 Å². The molecule has 0 aliphatic heterocycles. The Hall–Kier alpha value is 0.250. The summed E-state index contributed by atoms with van der Waals surface area (Å²) in [5, 5.41) is 0. The summed E-state index contributed by atoms with van der Waals surface area (Å²) >= 11 is 8.18. The van der Waals surface area contributed by atoms with Gasteiger partial charge in [-0.25, -0.2) is 0 Å². The van der Waals surface area contributed by atoms with Gasteiger partial charge in [0, 0.05) is 12.2 Å². The number of ketones is 1. The van der Waals surface area contributed by atoms with Gasteiger partial charge in [0.1, 0.15) is 6.61 Å². The van der Waals surface area contributed by atoms with E-state index in [2.05, 4.69) is 45.7 Å². The van der Waals surface area contributed by atoms with Gasteiger partial charge >= 0.3 is 0 Å². The maximum absolute atomic E-state index is 11.8. The molecule has 3 nitrogen and oxygen atoms in total. The van der Waals surface area contributed by atoms with Crippen LogP contribution in [0, 0.1) is 5.92 Å². The highest BCUT2D eigenvalue weighted by Crippen LogP contribution is 2.32. The molecule has 0 aliphatic rings. The first kappa shape index (κ1) is 16.3. The van der Waals surface area contributed by atoms with Crippen molar-refractivity contribution in [3.8, 4) is 0 Å². The number of carbonyl (C=O) groups is 1. The summed E-state index contributed by atoms with van der Waals surface area (Å²) in [5.41, 5.74) is 0.662. The molecule has 0 amide bonds. The van der Waals surface area contributed by atoms with Crippen molar-refractivity contribution in [2.75, 3.05) is 26.4 Å². The molecule has 6 heteroatoms. The molecule has 102 valence electrons. The SMILES string of the molecule is CC(C)COCCOCC(=O)c1cc(Br)sc1Br. The average Bonchev–Trinajstić information content (AvgIpc) is 2.62. The molecule has 0 spiro atoms. The molecule has 0 unspecified atom stereocenters. The van der Waals surface area contributed by atoms with Gasteiger partial charge in [0.25, 0.3) is 0 Å². The van der Waals surface area contributed by atoms with Crippen molar-refractivity contribution < 1.29 is 14.3 Å². The fraction of sp³-hybridized carbons (Fsp3) is 0.583. The minimum absolute atomic E-state index is 0.0207. The highest BCUT2D eigenvalue weighted by atomic mass is 79.9. The molecule has 0 bridgehead atoms. The minimum atomic E-state index is -0.0207. The molecule has 1 rings (SSSR count). The summed E-state index contributed by atoms with van der Waals surface area (Å²) in [6, 6.07) is 1.80. The number of hydrogen-bond acceptors (Lipinski definition) is 4. The van der Waals surface area contributed by atoms with Crippen LogP contribution in [0.2, 0.25) is 0 Å². The zero-order valence-corrected chi connectivity index (χ0v) is 14.4. The molecule has 0 atom stereocenters. The van der Waals surface area contributed by atoms with Crippen molar-refractivity contribution >= 4 is 49.0 Å². The molecule has 0 aromatic carbocycles. The van der Waals surface area contributed by atoms with E-state index in [1.165, 1.54) is 11.3 Å². The Bertz CT molecular complexity index is 391. The molecule has 0 saturated heterocycles. The summed E-state index contributed by atoms with van der Waals surface area (Å²) in [6.07, 6.45) is 0. The fourth-order valence-corrected chi connectivity index (χ4v) is 4.07. The van der Waals surface area contributed by atoms with Crippen LogP contribution in [-0.2, 0) is 9.47 Å². The van der Waals surface area contributed by atoms with E-state index in [0.717, 1.165) is 14.2 Å². The zero-order chi connectivity index (χ0) is 13.5. The molecule has 0 saturated carbocycles. The van der Waals surface area contributed by atoms with Gasteiger partial charge < -0.3 is 9.47 Å². The fourth-order valence-electron chi connectivity index (χ4n) is 1.21. The highest BCUT2D eigenvalue weighted by molar-refractivity contribution is 9.12. The Labute approximate surface area is 128 Å². The Morgan fingerprint density at radius 3 is 2.56 bits per heavy atom. The Morgan fingerprint density at radius 1 is 1.33 bits per heavy atom. The molecule has 0 N–H and O–H groups in total. The van der Waals surface area contributed by atoms with Gasteiger partial charge in [0.2, 0.25) is 0 Å². The van der Waals surface area contributed by atoms with Crippen LogP contribution in [0.15, 0.2) is 13.6 Å². The van der Waals surface area contributed by atoms with Crippen LogP contribution in [0.25, 0.3) is 0 Å². The molecule has 1 aromatic rings. The second-order valence-electron chi connectivity index (χ2n) is 4.18. The van der Waals surface area contributed by atoms with Gasteiger partial charge in [-0.05, 0) is 43.8 Å². The first-order valence-corrected chi connectivity index (χ1v) is 8.04. The molecule has 0 fully saturated rings. The van der Waals surface area contributed by atoms with Crippen molar-refractivity contribution in [2.24, 2.45) is 5.92 Å². The summed E-state index contributed by atoms with van der Waals surface area (Å²) in [4.78, 5) is 11.8. The smallest absolute Gasteiger partial charge is 0.190 e. The van der Waals surface area contributed by atoms with E-state index in [-0.39, 0.29) is 12.4 Å². The van der Waals surface area contributed by atoms with Gasteiger partial charge in [-0.3, -0.25) is 4.79 Å². The number of Topliss-reactive ketones (excluding diaryl/α,β-unsaturated/α-hetero) is 1. The lowest BCUT2D eigenvalue weighted by Gasteiger charge is -2.07. The van der Waals surface area contributed by atoms with E-state index in [4.69, 9.17) is 9.47 Å². The van der Waals surface area contributed by atoms with E-state index in [1.54, 1.807) is 6.07 Å². The highest BCUT2D eigenvalue weighted by Gasteiger charge is 2.13. The van der Waals surface area contributed by atoms with Crippen molar-refractivity contribution in [3.63, 3.8) is 0 Å². The van der Waals surface area contributed by atoms with Crippen molar-refractivity contribution in [2.45, 2.75) is 13.8 Å². The Kier molecular flexibility index (Phi) is 7.63. The number of thiophene rings is 1. The van der Waals surface area contributed by atoms with Crippen molar-refractivity contribution in [3.05, 3.63) is 19.2 Å². The second kappa shape index (κ2) is 8.43. The third-order valence-electron chi connectivity index (χ3n) is 2.01. The lowest BCUT2D eigenvalue weighted by atomic mass is 10.2. The Balaban J connectivity index is 2.20. The quantitative estimate of drug-likeness (QED) is 0.486. The number of halogens is 2. The zero-order valence-electron chi connectivity index (χ0n) is 10.4. The van der Waals surface area contributed by atoms with Gasteiger partial charge in [-0.2, -0.15) is 0 Å². The maximum Gasteiger partial charge on any atom is 0.190 e. The third kappa shape index (κ3) is 5.93. The summed E-state index contributed by atoms with van der Waals surface area (Å²) < 4.78 is 12.4. The maximum atomic E-state index is 11.8. The molecular formula is C12H16Br2O3S. The van der Waals surface area contributed by atoms with Crippen LogP contribution in [0.4, 0.5) is 0 Å². The van der Waals surface area contributed by atoms with Crippen LogP contribution in [-0.4, -0.2) is 32.2 Å². The summed E-state index contributed by atoms with van der Waals surface area (Å²) in [5.74, 6) is 0.499. The molecule has 18 heavy (non-hydrogen) atoms. The van der Waals surface area contributed by atoms with Crippen molar-refractivity contribution in [1.29, 1.82) is 0 Å². The third-order valence-corrected chi connectivity index (χ3v) is 4.35. The second-order valence-corrected chi connectivity index (χ2v) is 7.93. The van der Waals surface area contributed by atoms with E-state index in [0.29, 0.717) is 24.7 Å². The number of ether oxygens (including phenoxy) is 2. The van der Waals surface area contributed by atoms with E-state index < -0.39 is 0 Å². The number of hydrogen-bond donors (Lipinski definition) is 0. The predicted molar refractivity (Wildman–Crippen MR) is 80.5 cm³/mol. The molecule has 1 aromatic heterocycles. The molecule has 0 radical (unpaired) electrons. The normalized spacial score (nSPS) is 11.2. The summed E-state index contributed by atoms with van der Waals surface area (Å²) in [6.45, 7) is 5.97. The first-order chi connectivity index (χ1) is 8.50. The molecular weight excluding hydrogens is 384 g/mol. The summed E-state index contributed by atoms with van der Waals surface area (Å²) in [7, 11) is 0. The van der Waals surface area contributed by atoms with E-state index in [9.17, 15) is 4.79 Å². The standard InChI is InChI=1S/C12H16Br2O3S/c1-8(2)6-16-3-4-17-7-10(15)9-5-11(13)18-12(9)14/h5,8H,3-4,6-7H2,1-2H3. The van der Waals surface area contributed by atoms with E-state index in [1.807, 2.05) is 0 Å². The lowest BCUT2D eigenvalue weighted by molar-refractivity contribution is 0.0364. The van der Waals surface area contributed by atoms with Crippen LogP contribution in [0.3, 0.4) is 0 Å². The minimum Gasteiger partial charge on any atom is -0.379 e. The number of rotatable bonds is 8. The average molecular weight is 400 g/mol. The van der Waals surface area contributed by atoms with Gasteiger partial charge in [0.15, 0.2) is 5.78 Å². The van der Waals surface area contributed by atoms with Crippen LogP contribution in [0.5, 0.6) is 0 Å². The lowest BCUT2D eigenvalue weighted by Crippen LogP contribution is -2.13. The Morgan fingerprint density at radius 2 is 2.00 bits per heavy atom.